The fourth-order valence-corrected chi connectivity index (χ4v) is 4.00. The van der Waals surface area contributed by atoms with Crippen molar-refractivity contribution in [3.8, 4) is 0 Å². The molecule has 0 saturated carbocycles. The second-order valence-corrected chi connectivity index (χ2v) is 7.70. The molecule has 2 aliphatic heterocycles. The monoisotopic (exact) mass is 394 g/mol. The van der Waals surface area contributed by atoms with Gasteiger partial charge in [0.2, 0.25) is 5.91 Å². The van der Waals surface area contributed by atoms with Gasteiger partial charge in [-0.3, -0.25) is 14.6 Å². The minimum absolute atomic E-state index is 0.0576. The minimum atomic E-state index is 0.0576. The minimum Gasteiger partial charge on any atom is -0.378 e. The van der Waals surface area contributed by atoms with Gasteiger partial charge in [-0.05, 0) is 17.7 Å². The molecule has 154 valence electrons. The third-order valence-corrected chi connectivity index (χ3v) is 5.61. The summed E-state index contributed by atoms with van der Waals surface area (Å²) in [7, 11) is 0. The number of rotatable bonds is 6. The van der Waals surface area contributed by atoms with E-state index in [1.807, 2.05) is 18.2 Å². The number of carbonyl (C=O) groups is 1. The van der Waals surface area contributed by atoms with Crippen LogP contribution >= 0.6 is 0 Å². The Morgan fingerprint density at radius 2 is 1.48 bits per heavy atom. The van der Waals surface area contributed by atoms with Crippen molar-refractivity contribution >= 4 is 17.3 Å². The van der Waals surface area contributed by atoms with Gasteiger partial charge in [-0.2, -0.15) is 0 Å². The molecule has 4 rings (SSSR count). The Labute approximate surface area is 173 Å². The maximum Gasteiger partial charge on any atom is 0.238 e. The molecule has 2 heterocycles. The molecule has 0 radical (unpaired) electrons. The lowest BCUT2D eigenvalue weighted by Crippen LogP contribution is -2.48. The van der Waals surface area contributed by atoms with Crippen LogP contribution < -0.4 is 10.2 Å². The largest absolute Gasteiger partial charge is 0.378 e. The van der Waals surface area contributed by atoms with Crippen LogP contribution in [0.1, 0.15) is 5.56 Å². The van der Waals surface area contributed by atoms with Crippen molar-refractivity contribution in [1.29, 1.82) is 0 Å². The zero-order chi connectivity index (χ0) is 19.9. The van der Waals surface area contributed by atoms with Crippen LogP contribution in [0.25, 0.3) is 0 Å². The van der Waals surface area contributed by atoms with Crippen molar-refractivity contribution < 1.29 is 9.53 Å². The Morgan fingerprint density at radius 1 is 0.828 bits per heavy atom. The molecule has 2 saturated heterocycles. The van der Waals surface area contributed by atoms with Gasteiger partial charge in [0.1, 0.15) is 0 Å². The quantitative estimate of drug-likeness (QED) is 0.815. The molecule has 2 fully saturated rings. The van der Waals surface area contributed by atoms with Gasteiger partial charge in [-0.15, -0.1) is 0 Å². The number of hydrogen-bond acceptors (Lipinski definition) is 5. The molecule has 1 amide bonds. The molecule has 0 atom stereocenters. The lowest BCUT2D eigenvalue weighted by Gasteiger charge is -2.34. The summed E-state index contributed by atoms with van der Waals surface area (Å²) < 4.78 is 5.45. The fraction of sp³-hybridized carbons (Fsp3) is 0.435. The van der Waals surface area contributed by atoms with Gasteiger partial charge < -0.3 is 15.0 Å². The van der Waals surface area contributed by atoms with Crippen molar-refractivity contribution in [3.63, 3.8) is 0 Å². The summed E-state index contributed by atoms with van der Waals surface area (Å²) in [5.74, 6) is 0.0576. The lowest BCUT2D eigenvalue weighted by molar-refractivity contribution is -0.117. The molecule has 6 heteroatoms. The van der Waals surface area contributed by atoms with E-state index < -0.39 is 0 Å². The Morgan fingerprint density at radius 3 is 2.24 bits per heavy atom. The molecule has 29 heavy (non-hydrogen) atoms. The Kier molecular flexibility index (Phi) is 6.77. The number of para-hydroxylation sites is 2. The van der Waals surface area contributed by atoms with Crippen LogP contribution in [-0.2, 0) is 16.1 Å². The molecule has 2 aliphatic rings. The van der Waals surface area contributed by atoms with E-state index in [1.54, 1.807) is 0 Å². The van der Waals surface area contributed by atoms with E-state index >= 15 is 0 Å². The highest BCUT2D eigenvalue weighted by molar-refractivity contribution is 5.95. The molecule has 0 bridgehead atoms. The van der Waals surface area contributed by atoms with Crippen LogP contribution in [0.5, 0.6) is 0 Å². The number of nitrogens with one attached hydrogen (secondary N) is 1. The maximum absolute atomic E-state index is 12.7. The van der Waals surface area contributed by atoms with Gasteiger partial charge in [0.25, 0.3) is 0 Å². The molecule has 2 aromatic rings. The molecule has 0 unspecified atom stereocenters. The van der Waals surface area contributed by atoms with Crippen LogP contribution in [0.2, 0.25) is 0 Å². The Hall–Kier alpha value is -2.41. The average Bonchev–Trinajstić information content (AvgIpc) is 2.77. The summed E-state index contributed by atoms with van der Waals surface area (Å²) >= 11 is 0. The fourth-order valence-electron chi connectivity index (χ4n) is 4.00. The predicted molar refractivity (Wildman–Crippen MR) is 116 cm³/mol. The number of carbonyl (C=O) groups excluding carboxylic acids is 1. The number of nitrogens with zero attached hydrogens (tertiary/aromatic N) is 3. The number of piperazine rings is 1. The van der Waals surface area contributed by atoms with E-state index in [2.05, 4.69) is 56.4 Å². The molecule has 0 aliphatic carbocycles. The zero-order valence-electron chi connectivity index (χ0n) is 16.9. The van der Waals surface area contributed by atoms with Gasteiger partial charge in [0.05, 0.1) is 31.1 Å². The highest BCUT2D eigenvalue weighted by atomic mass is 16.5. The summed E-state index contributed by atoms with van der Waals surface area (Å²) in [5.41, 5.74) is 3.32. The van der Waals surface area contributed by atoms with Crippen LogP contribution in [0, 0.1) is 0 Å². The van der Waals surface area contributed by atoms with Crippen molar-refractivity contribution in [2.45, 2.75) is 6.54 Å². The molecular weight excluding hydrogens is 364 g/mol. The Bertz CT molecular complexity index is 784. The first kappa shape index (κ1) is 19.9. The first-order valence-electron chi connectivity index (χ1n) is 10.5. The number of ether oxygens (including phenoxy) is 1. The number of benzene rings is 2. The van der Waals surface area contributed by atoms with Crippen LogP contribution in [-0.4, -0.2) is 74.7 Å². The van der Waals surface area contributed by atoms with Crippen molar-refractivity contribution in [3.05, 3.63) is 60.2 Å². The summed E-state index contributed by atoms with van der Waals surface area (Å²) in [4.78, 5) is 19.7. The Balaban J connectivity index is 1.27. The van der Waals surface area contributed by atoms with Crippen molar-refractivity contribution in [2.75, 3.05) is 69.2 Å². The van der Waals surface area contributed by atoms with E-state index in [0.29, 0.717) is 6.54 Å². The first-order chi connectivity index (χ1) is 14.3. The number of amides is 1. The van der Waals surface area contributed by atoms with E-state index in [9.17, 15) is 4.79 Å². The summed E-state index contributed by atoms with van der Waals surface area (Å²) in [6.45, 7) is 8.43. The van der Waals surface area contributed by atoms with Gasteiger partial charge in [0, 0.05) is 45.8 Å². The SMILES string of the molecule is O=C(CN1CCN(Cc2ccccc2)CC1)Nc1ccccc1N1CCOCC1. The summed E-state index contributed by atoms with van der Waals surface area (Å²) in [5, 5.41) is 3.13. The van der Waals surface area contributed by atoms with Crippen LogP contribution in [0.3, 0.4) is 0 Å². The lowest BCUT2D eigenvalue weighted by atomic mass is 10.2. The second-order valence-electron chi connectivity index (χ2n) is 7.70. The molecular formula is C23H30N4O2. The smallest absolute Gasteiger partial charge is 0.238 e. The third kappa shape index (κ3) is 5.56. The highest BCUT2D eigenvalue weighted by Crippen LogP contribution is 2.26. The van der Waals surface area contributed by atoms with E-state index in [0.717, 1.165) is 70.4 Å². The number of hydrogen-bond donors (Lipinski definition) is 1. The van der Waals surface area contributed by atoms with Crippen LogP contribution in [0.15, 0.2) is 54.6 Å². The standard InChI is InChI=1S/C23H30N4O2/c28-23(24-21-8-4-5-9-22(21)27-14-16-29-17-15-27)19-26-12-10-25(11-13-26)18-20-6-2-1-3-7-20/h1-9H,10-19H2,(H,24,28). The van der Waals surface area contributed by atoms with Crippen LogP contribution in [0.4, 0.5) is 11.4 Å². The number of morpholine rings is 1. The van der Waals surface area contributed by atoms with E-state index in [4.69, 9.17) is 4.74 Å². The van der Waals surface area contributed by atoms with E-state index in [-0.39, 0.29) is 5.91 Å². The second kappa shape index (κ2) is 9.87. The van der Waals surface area contributed by atoms with Gasteiger partial charge >= 0.3 is 0 Å². The van der Waals surface area contributed by atoms with Crippen molar-refractivity contribution in [1.82, 2.24) is 9.80 Å². The number of anilines is 2. The highest BCUT2D eigenvalue weighted by Gasteiger charge is 2.20. The third-order valence-electron chi connectivity index (χ3n) is 5.61. The molecule has 0 aromatic heterocycles. The summed E-state index contributed by atoms with van der Waals surface area (Å²) in [6.07, 6.45) is 0. The van der Waals surface area contributed by atoms with Gasteiger partial charge in [-0.25, -0.2) is 0 Å². The zero-order valence-corrected chi connectivity index (χ0v) is 16.9. The summed E-state index contributed by atoms with van der Waals surface area (Å²) in [6, 6.07) is 18.6. The first-order valence-corrected chi connectivity index (χ1v) is 10.5. The average molecular weight is 395 g/mol. The molecule has 0 spiro atoms. The molecule has 2 aromatic carbocycles. The van der Waals surface area contributed by atoms with E-state index in [1.165, 1.54) is 5.56 Å². The molecule has 6 nitrogen and oxygen atoms in total. The normalized spacial score (nSPS) is 18.6. The van der Waals surface area contributed by atoms with Crippen molar-refractivity contribution in [2.24, 2.45) is 0 Å². The topological polar surface area (TPSA) is 48.1 Å². The maximum atomic E-state index is 12.7. The molecule has 1 N–H and O–H groups in total. The van der Waals surface area contributed by atoms with Gasteiger partial charge in [0.15, 0.2) is 0 Å². The predicted octanol–water partition coefficient (Wildman–Crippen LogP) is 2.28. The van der Waals surface area contributed by atoms with Gasteiger partial charge in [-0.1, -0.05) is 42.5 Å².